The summed E-state index contributed by atoms with van der Waals surface area (Å²) in [7, 11) is 0. The fraction of sp³-hybridized carbons (Fsp3) is 0.143. The molecule has 0 unspecified atom stereocenters. The Labute approximate surface area is 186 Å². The number of nitro benzene ring substituents is 1. The normalized spacial score (nSPS) is 14.5. The van der Waals surface area contributed by atoms with Crippen LogP contribution in [-0.2, 0) is 9.59 Å². The third-order valence-electron chi connectivity index (χ3n) is 4.28. The van der Waals surface area contributed by atoms with E-state index in [1.165, 1.54) is 49.4 Å². The van der Waals surface area contributed by atoms with Gasteiger partial charge in [0.15, 0.2) is 0 Å². The summed E-state index contributed by atoms with van der Waals surface area (Å²) in [6.45, 7) is 1.17. The van der Waals surface area contributed by atoms with E-state index in [-0.39, 0.29) is 35.0 Å². The fourth-order valence-corrected chi connectivity index (χ4v) is 3.68. The molecule has 0 aromatic heterocycles. The molecule has 164 valence electrons. The summed E-state index contributed by atoms with van der Waals surface area (Å²) in [5.74, 6) is -1.50. The number of carbonyl (C=O) groups excluding carboxylic acids is 4. The minimum Gasteiger partial charge on any atom is -0.426 e. The monoisotopic (exact) mass is 455 g/mol. The van der Waals surface area contributed by atoms with Gasteiger partial charge in [-0.2, -0.15) is 0 Å². The minimum absolute atomic E-state index is 0.00388. The minimum atomic E-state index is -0.567. The van der Waals surface area contributed by atoms with Crippen LogP contribution in [0.4, 0.5) is 10.5 Å². The largest absolute Gasteiger partial charge is 0.426 e. The van der Waals surface area contributed by atoms with E-state index < -0.39 is 27.9 Å². The Balaban J connectivity index is 1.61. The Morgan fingerprint density at radius 1 is 1.16 bits per heavy atom. The molecule has 3 rings (SSSR count). The van der Waals surface area contributed by atoms with Crippen LogP contribution in [0, 0.1) is 10.1 Å². The third kappa shape index (κ3) is 5.38. The van der Waals surface area contributed by atoms with E-state index in [1.807, 2.05) is 0 Å². The summed E-state index contributed by atoms with van der Waals surface area (Å²) < 4.78 is 5.00. The highest BCUT2D eigenvalue weighted by Gasteiger charge is 2.34. The summed E-state index contributed by atoms with van der Waals surface area (Å²) >= 11 is 0.746. The van der Waals surface area contributed by atoms with Gasteiger partial charge in [0.05, 0.1) is 15.4 Å². The highest BCUT2D eigenvalue weighted by Crippen LogP contribution is 2.32. The molecular formula is C21H17N3O7S. The molecule has 0 spiro atoms. The molecule has 1 aliphatic heterocycles. The van der Waals surface area contributed by atoms with Crippen molar-refractivity contribution in [1.82, 2.24) is 10.2 Å². The van der Waals surface area contributed by atoms with Gasteiger partial charge in [0.1, 0.15) is 5.75 Å². The van der Waals surface area contributed by atoms with Crippen molar-refractivity contribution >= 4 is 46.5 Å². The van der Waals surface area contributed by atoms with E-state index in [0.717, 1.165) is 16.7 Å². The van der Waals surface area contributed by atoms with Crippen molar-refractivity contribution < 1.29 is 28.8 Å². The molecule has 1 aliphatic rings. The summed E-state index contributed by atoms with van der Waals surface area (Å²) in [6, 6.07) is 11.8. The van der Waals surface area contributed by atoms with Crippen LogP contribution in [0.25, 0.3) is 6.08 Å². The summed E-state index contributed by atoms with van der Waals surface area (Å²) in [4.78, 5) is 59.7. The molecule has 1 N–H and O–H groups in total. The van der Waals surface area contributed by atoms with Crippen LogP contribution in [0.5, 0.6) is 5.75 Å². The van der Waals surface area contributed by atoms with Gasteiger partial charge in [-0.3, -0.25) is 34.2 Å². The molecule has 0 bridgehead atoms. The molecule has 1 saturated heterocycles. The first-order valence-corrected chi connectivity index (χ1v) is 10.1. The standard InChI is InChI=1S/C21H17N3O7S/c1-13(25)31-17-5-3-2-4-16(17)19(26)22-10-11-23-20(27)18(32-21(23)28)12-14-6-8-15(9-7-14)24(29)30/h2-9,12H,10-11H2,1H3,(H,22,26). The van der Waals surface area contributed by atoms with Gasteiger partial charge >= 0.3 is 5.97 Å². The lowest BCUT2D eigenvalue weighted by Gasteiger charge is -2.14. The van der Waals surface area contributed by atoms with Gasteiger partial charge in [0.2, 0.25) is 0 Å². The molecule has 10 nitrogen and oxygen atoms in total. The number of ether oxygens (including phenoxy) is 1. The van der Waals surface area contributed by atoms with Crippen LogP contribution in [0.2, 0.25) is 0 Å². The number of hydrogen-bond acceptors (Lipinski definition) is 8. The molecule has 0 atom stereocenters. The highest BCUT2D eigenvalue weighted by atomic mass is 32.2. The van der Waals surface area contributed by atoms with Crippen LogP contribution >= 0.6 is 11.8 Å². The Morgan fingerprint density at radius 3 is 2.50 bits per heavy atom. The van der Waals surface area contributed by atoms with Crippen LogP contribution in [-0.4, -0.2) is 45.9 Å². The highest BCUT2D eigenvalue weighted by molar-refractivity contribution is 8.18. The Hall–Kier alpha value is -3.99. The molecule has 0 saturated carbocycles. The number of benzene rings is 2. The maximum atomic E-state index is 12.6. The molecular weight excluding hydrogens is 438 g/mol. The summed E-state index contributed by atoms with van der Waals surface area (Å²) in [5, 5.41) is 12.8. The number of nitro groups is 1. The average molecular weight is 455 g/mol. The number of thioether (sulfide) groups is 1. The van der Waals surface area contributed by atoms with Crippen LogP contribution in [0.15, 0.2) is 53.4 Å². The quantitative estimate of drug-likeness (QED) is 0.221. The number of para-hydroxylation sites is 1. The van der Waals surface area contributed by atoms with Crippen molar-refractivity contribution in [3.63, 3.8) is 0 Å². The van der Waals surface area contributed by atoms with E-state index in [2.05, 4.69) is 5.32 Å². The van der Waals surface area contributed by atoms with Crippen LogP contribution in [0.1, 0.15) is 22.8 Å². The lowest BCUT2D eigenvalue weighted by atomic mass is 10.2. The number of carbonyl (C=O) groups is 4. The number of esters is 1. The second-order valence-electron chi connectivity index (χ2n) is 6.53. The molecule has 0 aliphatic carbocycles. The molecule has 2 aromatic rings. The van der Waals surface area contributed by atoms with Crippen molar-refractivity contribution in [2.24, 2.45) is 0 Å². The topological polar surface area (TPSA) is 136 Å². The lowest BCUT2D eigenvalue weighted by molar-refractivity contribution is -0.384. The fourth-order valence-electron chi connectivity index (χ4n) is 2.81. The molecule has 3 amide bonds. The van der Waals surface area contributed by atoms with Crippen molar-refractivity contribution in [2.45, 2.75) is 6.92 Å². The smallest absolute Gasteiger partial charge is 0.308 e. The first-order valence-electron chi connectivity index (χ1n) is 9.31. The van der Waals surface area contributed by atoms with Crippen molar-refractivity contribution in [3.05, 3.63) is 74.7 Å². The van der Waals surface area contributed by atoms with Crippen molar-refractivity contribution in [2.75, 3.05) is 13.1 Å². The van der Waals surface area contributed by atoms with Gasteiger partial charge in [-0.1, -0.05) is 12.1 Å². The first kappa shape index (κ1) is 22.7. The van der Waals surface area contributed by atoms with Gasteiger partial charge in [-0.25, -0.2) is 0 Å². The predicted octanol–water partition coefficient (Wildman–Crippen LogP) is 2.99. The number of nitrogens with zero attached hydrogens (tertiary/aromatic N) is 2. The van der Waals surface area contributed by atoms with Crippen LogP contribution < -0.4 is 10.1 Å². The van der Waals surface area contributed by atoms with E-state index in [9.17, 15) is 29.3 Å². The SMILES string of the molecule is CC(=O)Oc1ccccc1C(=O)NCCN1C(=O)SC(=Cc2ccc([N+](=O)[O-])cc2)C1=O. The van der Waals surface area contributed by atoms with Crippen LogP contribution in [0.3, 0.4) is 0 Å². The van der Waals surface area contributed by atoms with Gasteiger partial charge in [-0.05, 0) is 47.7 Å². The molecule has 2 aromatic carbocycles. The van der Waals surface area contributed by atoms with Gasteiger partial charge in [0, 0.05) is 32.1 Å². The predicted molar refractivity (Wildman–Crippen MR) is 116 cm³/mol. The Kier molecular flexibility index (Phi) is 7.00. The summed E-state index contributed by atoms with van der Waals surface area (Å²) in [6.07, 6.45) is 1.47. The molecule has 32 heavy (non-hydrogen) atoms. The molecule has 1 fully saturated rings. The zero-order chi connectivity index (χ0) is 23.3. The van der Waals surface area contributed by atoms with Gasteiger partial charge in [0.25, 0.3) is 22.7 Å². The number of rotatable bonds is 7. The first-order chi connectivity index (χ1) is 15.3. The second-order valence-corrected chi connectivity index (χ2v) is 7.52. The van der Waals surface area contributed by atoms with E-state index in [4.69, 9.17) is 4.74 Å². The second kappa shape index (κ2) is 9.88. The number of amides is 3. The average Bonchev–Trinajstić information content (AvgIpc) is 3.01. The van der Waals surface area contributed by atoms with Gasteiger partial charge < -0.3 is 10.1 Å². The Bertz CT molecular complexity index is 1130. The number of non-ortho nitro benzene ring substituents is 1. The number of nitrogens with one attached hydrogen (secondary N) is 1. The zero-order valence-corrected chi connectivity index (χ0v) is 17.6. The zero-order valence-electron chi connectivity index (χ0n) is 16.8. The molecule has 0 radical (unpaired) electrons. The van der Waals surface area contributed by atoms with Crippen molar-refractivity contribution in [1.29, 1.82) is 0 Å². The van der Waals surface area contributed by atoms with E-state index >= 15 is 0 Å². The lowest BCUT2D eigenvalue weighted by Crippen LogP contribution is -2.37. The maximum Gasteiger partial charge on any atom is 0.308 e. The Morgan fingerprint density at radius 2 is 1.84 bits per heavy atom. The van der Waals surface area contributed by atoms with E-state index in [1.54, 1.807) is 12.1 Å². The third-order valence-corrected chi connectivity index (χ3v) is 5.19. The number of hydrogen-bond donors (Lipinski definition) is 1. The van der Waals surface area contributed by atoms with E-state index in [0.29, 0.717) is 5.56 Å². The molecule has 1 heterocycles. The van der Waals surface area contributed by atoms with Gasteiger partial charge in [-0.15, -0.1) is 0 Å². The summed E-state index contributed by atoms with van der Waals surface area (Å²) in [5.41, 5.74) is 0.604. The maximum absolute atomic E-state index is 12.6. The number of imide groups is 1. The van der Waals surface area contributed by atoms with Crippen molar-refractivity contribution in [3.8, 4) is 5.75 Å². The molecule has 11 heteroatoms.